The SMILES string of the molecule is CCn1nc(C)cc1C(=O)Nc1nc2cc(C(N)=O)ccc2n1CCCCn1c(NC(=O)c2cc(C)nn2CC)nc2c(C(C)O)cccc21. The molecular weight excluding hydrogens is 638 g/mol. The number of hydrogen-bond acceptors (Lipinski definition) is 8. The highest BCUT2D eigenvalue weighted by molar-refractivity contribution is 6.04. The number of unbranched alkanes of at least 4 members (excludes halogenated alkanes) is 1. The Balaban J connectivity index is 1.28. The molecule has 6 aromatic rings. The van der Waals surface area contributed by atoms with E-state index in [4.69, 9.17) is 10.7 Å². The van der Waals surface area contributed by atoms with Gasteiger partial charge >= 0.3 is 0 Å². The van der Waals surface area contributed by atoms with Gasteiger partial charge in [0.05, 0.1) is 39.6 Å². The molecule has 0 radical (unpaired) electrons. The van der Waals surface area contributed by atoms with Gasteiger partial charge in [-0.2, -0.15) is 10.2 Å². The minimum atomic E-state index is -0.757. The van der Waals surface area contributed by atoms with Crippen molar-refractivity contribution in [3.05, 3.63) is 82.4 Å². The fraction of sp³-hybridized carbons (Fsp3) is 0.343. The van der Waals surface area contributed by atoms with Crippen LogP contribution in [0.2, 0.25) is 0 Å². The van der Waals surface area contributed by atoms with Crippen LogP contribution in [0.1, 0.15) is 88.0 Å². The van der Waals surface area contributed by atoms with Crippen LogP contribution in [0, 0.1) is 13.8 Å². The zero-order chi connectivity index (χ0) is 35.7. The van der Waals surface area contributed by atoms with E-state index in [1.54, 1.807) is 46.6 Å². The minimum Gasteiger partial charge on any atom is -0.389 e. The van der Waals surface area contributed by atoms with Crippen LogP contribution in [-0.4, -0.2) is 61.5 Å². The van der Waals surface area contributed by atoms with Gasteiger partial charge in [0, 0.05) is 37.3 Å². The number of fused-ring (bicyclic) bond motifs is 2. The number of hydrogen-bond donors (Lipinski definition) is 4. The Labute approximate surface area is 288 Å². The Morgan fingerprint density at radius 2 is 1.36 bits per heavy atom. The molecule has 15 nitrogen and oxygen atoms in total. The molecule has 0 aliphatic heterocycles. The van der Waals surface area contributed by atoms with Gasteiger partial charge in [-0.1, -0.05) is 12.1 Å². The van der Waals surface area contributed by atoms with E-state index < -0.39 is 12.0 Å². The van der Waals surface area contributed by atoms with Gasteiger partial charge in [-0.3, -0.25) is 34.4 Å². The minimum absolute atomic E-state index is 0.315. The Bertz CT molecular complexity index is 2240. The smallest absolute Gasteiger partial charge is 0.276 e. The Morgan fingerprint density at radius 3 is 1.90 bits per heavy atom. The third-order valence-electron chi connectivity index (χ3n) is 8.63. The van der Waals surface area contributed by atoms with Gasteiger partial charge in [-0.15, -0.1) is 0 Å². The molecule has 0 spiro atoms. The normalized spacial score (nSPS) is 12.1. The molecule has 4 aromatic heterocycles. The number of nitrogens with two attached hydrogens (primary N) is 1. The molecule has 50 heavy (non-hydrogen) atoms. The van der Waals surface area contributed by atoms with Crippen LogP contribution in [-0.2, 0) is 26.2 Å². The molecule has 2 aromatic carbocycles. The second-order valence-corrected chi connectivity index (χ2v) is 12.2. The molecule has 4 heterocycles. The van der Waals surface area contributed by atoms with Gasteiger partial charge in [0.15, 0.2) is 0 Å². The summed E-state index contributed by atoms with van der Waals surface area (Å²) in [5.41, 5.74) is 11.5. The number of aliphatic hydroxyl groups excluding tert-OH is 1. The number of primary amides is 1. The number of aromatic nitrogens is 8. The predicted octanol–water partition coefficient (Wildman–Crippen LogP) is 4.57. The van der Waals surface area contributed by atoms with Crippen molar-refractivity contribution in [3.8, 4) is 0 Å². The number of rotatable bonds is 13. The monoisotopic (exact) mass is 679 g/mol. The van der Waals surface area contributed by atoms with Gasteiger partial charge < -0.3 is 20.0 Å². The first-order chi connectivity index (χ1) is 24.0. The van der Waals surface area contributed by atoms with Crippen LogP contribution in [0.5, 0.6) is 0 Å². The summed E-state index contributed by atoms with van der Waals surface area (Å²) < 4.78 is 7.13. The Morgan fingerprint density at radius 1 is 0.800 bits per heavy atom. The molecule has 0 fully saturated rings. The Hall–Kier alpha value is -5.83. The van der Waals surface area contributed by atoms with Crippen molar-refractivity contribution in [1.29, 1.82) is 0 Å². The van der Waals surface area contributed by atoms with Crippen molar-refractivity contribution in [2.75, 3.05) is 10.6 Å². The van der Waals surface area contributed by atoms with E-state index >= 15 is 0 Å². The topological polar surface area (TPSA) is 193 Å². The number of aryl methyl sites for hydroxylation is 6. The molecule has 0 aliphatic rings. The van der Waals surface area contributed by atoms with Gasteiger partial charge in [-0.05, 0) is 83.9 Å². The van der Waals surface area contributed by atoms with Crippen molar-refractivity contribution in [3.63, 3.8) is 0 Å². The highest BCUT2D eigenvalue weighted by atomic mass is 16.3. The summed E-state index contributed by atoms with van der Waals surface area (Å²) in [6.07, 6.45) is 0.559. The van der Waals surface area contributed by atoms with Crippen molar-refractivity contribution >= 4 is 51.7 Å². The summed E-state index contributed by atoms with van der Waals surface area (Å²) in [7, 11) is 0. The number of amides is 3. The highest BCUT2D eigenvalue weighted by Gasteiger charge is 2.22. The Kier molecular flexibility index (Phi) is 9.50. The third-order valence-corrected chi connectivity index (χ3v) is 8.63. The predicted molar refractivity (Wildman–Crippen MR) is 189 cm³/mol. The number of para-hydroxylation sites is 1. The molecule has 3 amide bonds. The quantitative estimate of drug-likeness (QED) is 0.128. The van der Waals surface area contributed by atoms with Gasteiger partial charge in [0.1, 0.15) is 11.4 Å². The number of imidazole rings is 2. The zero-order valence-electron chi connectivity index (χ0n) is 28.8. The molecule has 260 valence electrons. The number of benzene rings is 2. The van der Waals surface area contributed by atoms with Crippen molar-refractivity contribution in [2.24, 2.45) is 5.73 Å². The molecule has 6 rings (SSSR count). The molecular formula is C35H41N11O4. The number of aliphatic hydroxyl groups is 1. The summed E-state index contributed by atoms with van der Waals surface area (Å²) in [5.74, 6) is -0.556. The van der Waals surface area contributed by atoms with Crippen LogP contribution in [0.25, 0.3) is 22.1 Å². The lowest BCUT2D eigenvalue weighted by Crippen LogP contribution is -2.20. The molecule has 5 N–H and O–H groups in total. The van der Waals surface area contributed by atoms with E-state index in [0.29, 0.717) is 84.5 Å². The highest BCUT2D eigenvalue weighted by Crippen LogP contribution is 2.28. The van der Waals surface area contributed by atoms with Crippen molar-refractivity contribution in [2.45, 2.75) is 79.7 Å². The fourth-order valence-electron chi connectivity index (χ4n) is 6.24. The van der Waals surface area contributed by atoms with Gasteiger partial charge in [0.25, 0.3) is 11.8 Å². The largest absolute Gasteiger partial charge is 0.389 e. The average Bonchev–Trinajstić information content (AvgIpc) is 3.84. The molecule has 1 unspecified atom stereocenters. The lowest BCUT2D eigenvalue weighted by Gasteiger charge is -2.13. The van der Waals surface area contributed by atoms with Gasteiger partial charge in [-0.25, -0.2) is 9.97 Å². The summed E-state index contributed by atoms with van der Waals surface area (Å²) in [5, 5.41) is 25.2. The number of carbonyl (C=O) groups is 3. The molecule has 0 saturated carbocycles. The second kappa shape index (κ2) is 14.0. The maximum Gasteiger partial charge on any atom is 0.276 e. The number of nitrogens with one attached hydrogen (secondary N) is 2. The lowest BCUT2D eigenvalue weighted by molar-refractivity contribution is 0.0995. The summed E-state index contributed by atoms with van der Waals surface area (Å²) in [6, 6.07) is 14.1. The standard InChI is InChI=1S/C35H41N11O4/c1-6-45-28(17-20(3)41-45)32(49)39-34-37-25-19-23(31(36)48)13-14-26(25)43(34)15-8-9-16-44-27-12-10-11-24(22(5)47)30(27)38-35(44)40-33(50)29-18-21(4)42-46(29)7-2/h10-14,17-19,22,47H,6-9,15-16H2,1-5H3,(H2,36,48)(H,37,39,49)(H,38,40,50). The van der Waals surface area contributed by atoms with E-state index in [1.165, 1.54) is 0 Å². The lowest BCUT2D eigenvalue weighted by atomic mass is 10.1. The van der Waals surface area contributed by atoms with Crippen molar-refractivity contribution in [1.82, 2.24) is 38.7 Å². The van der Waals surface area contributed by atoms with E-state index in [-0.39, 0.29) is 11.8 Å². The van der Waals surface area contributed by atoms with Crippen LogP contribution >= 0.6 is 0 Å². The maximum absolute atomic E-state index is 13.4. The molecule has 0 saturated heterocycles. The average molecular weight is 680 g/mol. The first-order valence-corrected chi connectivity index (χ1v) is 16.7. The van der Waals surface area contributed by atoms with Crippen LogP contribution in [0.4, 0.5) is 11.9 Å². The van der Waals surface area contributed by atoms with E-state index in [2.05, 4.69) is 25.8 Å². The number of anilines is 2. The first kappa shape index (κ1) is 34.0. The summed E-state index contributed by atoms with van der Waals surface area (Å²) >= 11 is 0. The number of carbonyl (C=O) groups excluding carboxylic acids is 3. The second-order valence-electron chi connectivity index (χ2n) is 12.2. The summed E-state index contributed by atoms with van der Waals surface area (Å²) in [4.78, 5) is 48.2. The maximum atomic E-state index is 13.4. The number of nitrogens with zero attached hydrogens (tertiary/aromatic N) is 8. The molecule has 15 heteroatoms. The van der Waals surface area contributed by atoms with E-state index in [0.717, 1.165) is 22.4 Å². The third kappa shape index (κ3) is 6.59. The van der Waals surface area contributed by atoms with Crippen LogP contribution < -0.4 is 16.4 Å². The molecule has 0 aliphatic carbocycles. The van der Waals surface area contributed by atoms with E-state index in [1.807, 2.05) is 55.0 Å². The fourth-order valence-corrected chi connectivity index (χ4v) is 6.24. The zero-order valence-corrected chi connectivity index (χ0v) is 28.8. The first-order valence-electron chi connectivity index (χ1n) is 16.7. The van der Waals surface area contributed by atoms with Crippen LogP contribution in [0.15, 0.2) is 48.5 Å². The molecule has 1 atom stereocenters. The van der Waals surface area contributed by atoms with Crippen molar-refractivity contribution < 1.29 is 19.5 Å². The summed E-state index contributed by atoms with van der Waals surface area (Å²) in [6.45, 7) is 11.2. The van der Waals surface area contributed by atoms with E-state index in [9.17, 15) is 19.5 Å². The van der Waals surface area contributed by atoms with Crippen LogP contribution in [0.3, 0.4) is 0 Å². The molecule has 0 bridgehead atoms. The van der Waals surface area contributed by atoms with Gasteiger partial charge in [0.2, 0.25) is 17.8 Å².